The zero-order valence-electron chi connectivity index (χ0n) is 15.1. The Morgan fingerprint density at radius 2 is 2.04 bits per heavy atom. The number of urea groups is 1. The van der Waals surface area contributed by atoms with Crippen LogP contribution in [-0.2, 0) is 13.6 Å². The van der Waals surface area contributed by atoms with Gasteiger partial charge in [0.15, 0.2) is 0 Å². The molecule has 0 bridgehead atoms. The van der Waals surface area contributed by atoms with Crippen molar-refractivity contribution in [1.29, 1.82) is 0 Å². The fourth-order valence-electron chi connectivity index (χ4n) is 3.37. The van der Waals surface area contributed by atoms with Crippen LogP contribution in [0.25, 0.3) is 10.8 Å². The minimum absolute atomic E-state index is 0.0200. The van der Waals surface area contributed by atoms with E-state index in [1.54, 1.807) is 4.68 Å². The highest BCUT2D eigenvalue weighted by molar-refractivity contribution is 5.83. The van der Waals surface area contributed by atoms with Gasteiger partial charge in [-0.1, -0.05) is 36.4 Å². The molecule has 1 saturated carbocycles. The molecular formula is C20H23N5O. The largest absolute Gasteiger partial charge is 0.331 e. The van der Waals surface area contributed by atoms with Crippen molar-refractivity contribution in [2.45, 2.75) is 38.4 Å². The summed E-state index contributed by atoms with van der Waals surface area (Å²) in [6, 6.07) is 15.0. The van der Waals surface area contributed by atoms with Gasteiger partial charge in [-0.25, -0.2) is 9.78 Å². The van der Waals surface area contributed by atoms with Crippen molar-refractivity contribution in [3.63, 3.8) is 0 Å². The maximum absolute atomic E-state index is 12.9. The highest BCUT2D eigenvalue weighted by Crippen LogP contribution is 2.35. The number of fused-ring (bicyclic) bond motifs is 1. The third kappa shape index (κ3) is 3.27. The van der Waals surface area contributed by atoms with Crippen molar-refractivity contribution in [2.75, 3.05) is 0 Å². The molecule has 0 unspecified atom stereocenters. The van der Waals surface area contributed by atoms with E-state index in [1.165, 1.54) is 17.1 Å². The molecule has 134 valence electrons. The minimum Gasteiger partial charge on any atom is -0.331 e. The van der Waals surface area contributed by atoms with E-state index in [0.29, 0.717) is 12.6 Å². The second-order valence-electron chi connectivity index (χ2n) is 6.88. The van der Waals surface area contributed by atoms with Crippen LogP contribution in [0.1, 0.15) is 37.2 Å². The lowest BCUT2D eigenvalue weighted by Gasteiger charge is -2.30. The molecule has 4 rings (SSSR count). The molecule has 6 heteroatoms. The molecule has 0 radical (unpaired) electrons. The third-order valence-electron chi connectivity index (χ3n) is 5.05. The number of rotatable bonds is 5. The quantitative estimate of drug-likeness (QED) is 0.768. The number of carbonyl (C=O) groups excluding carboxylic acids is 1. The molecular weight excluding hydrogens is 326 g/mol. The Morgan fingerprint density at radius 3 is 2.73 bits per heavy atom. The van der Waals surface area contributed by atoms with Crippen LogP contribution in [0.15, 0.2) is 48.8 Å². The first kappa shape index (κ1) is 16.6. The van der Waals surface area contributed by atoms with Gasteiger partial charge in [-0.05, 0) is 42.2 Å². The third-order valence-corrected chi connectivity index (χ3v) is 5.05. The van der Waals surface area contributed by atoms with Gasteiger partial charge in [-0.2, -0.15) is 5.10 Å². The fourth-order valence-corrected chi connectivity index (χ4v) is 3.37. The van der Waals surface area contributed by atoms with Crippen molar-refractivity contribution in [3.05, 3.63) is 60.2 Å². The van der Waals surface area contributed by atoms with E-state index < -0.39 is 0 Å². The molecule has 6 nitrogen and oxygen atoms in total. The average molecular weight is 349 g/mol. The standard InChI is InChI=1S/C20H23N5O/c1-14(16-8-7-15-5-3-4-6-17(15)11-16)25(18-9-10-18)20(26)21-12-19-22-13-23-24(19)2/h3-8,11,13-14,18H,9-10,12H2,1-2H3,(H,21,26)/t14-/m1/s1. The Labute approximate surface area is 152 Å². The molecule has 0 saturated heterocycles. The second-order valence-corrected chi connectivity index (χ2v) is 6.88. The van der Waals surface area contributed by atoms with Gasteiger partial charge >= 0.3 is 6.03 Å². The highest BCUT2D eigenvalue weighted by atomic mass is 16.2. The molecule has 26 heavy (non-hydrogen) atoms. The van der Waals surface area contributed by atoms with Crippen LogP contribution in [0.2, 0.25) is 0 Å². The van der Waals surface area contributed by atoms with Gasteiger partial charge in [0.05, 0.1) is 12.6 Å². The summed E-state index contributed by atoms with van der Waals surface area (Å²) in [5.74, 6) is 0.743. The summed E-state index contributed by atoms with van der Waals surface area (Å²) in [5, 5.41) is 9.45. The van der Waals surface area contributed by atoms with Gasteiger partial charge in [0.25, 0.3) is 0 Å². The molecule has 0 spiro atoms. The van der Waals surface area contributed by atoms with Crippen LogP contribution in [-0.4, -0.2) is 31.7 Å². The maximum atomic E-state index is 12.9. The Kier molecular flexibility index (Phi) is 4.32. The molecule has 2 amide bonds. The Bertz CT molecular complexity index is 931. The van der Waals surface area contributed by atoms with E-state index in [4.69, 9.17) is 0 Å². The first-order valence-electron chi connectivity index (χ1n) is 9.01. The first-order valence-corrected chi connectivity index (χ1v) is 9.01. The van der Waals surface area contributed by atoms with Crippen molar-refractivity contribution in [2.24, 2.45) is 7.05 Å². The van der Waals surface area contributed by atoms with Crippen LogP contribution in [0, 0.1) is 0 Å². The van der Waals surface area contributed by atoms with E-state index in [-0.39, 0.29) is 12.1 Å². The molecule has 1 fully saturated rings. The van der Waals surface area contributed by atoms with Gasteiger partial charge in [-0.3, -0.25) is 4.68 Å². The van der Waals surface area contributed by atoms with E-state index in [0.717, 1.165) is 24.2 Å². The van der Waals surface area contributed by atoms with Gasteiger partial charge < -0.3 is 10.2 Å². The summed E-state index contributed by atoms with van der Waals surface area (Å²) in [5.41, 5.74) is 1.16. The van der Waals surface area contributed by atoms with E-state index in [1.807, 2.05) is 24.1 Å². The molecule has 3 aromatic rings. The van der Waals surface area contributed by atoms with Gasteiger partial charge in [0.2, 0.25) is 0 Å². The van der Waals surface area contributed by atoms with Gasteiger partial charge in [-0.15, -0.1) is 0 Å². The zero-order valence-corrected chi connectivity index (χ0v) is 15.1. The number of nitrogens with zero attached hydrogens (tertiary/aromatic N) is 4. The van der Waals surface area contributed by atoms with Crippen LogP contribution in [0.4, 0.5) is 4.79 Å². The Morgan fingerprint density at radius 1 is 1.27 bits per heavy atom. The van der Waals surface area contributed by atoms with E-state index in [9.17, 15) is 4.79 Å². The number of nitrogens with one attached hydrogen (secondary N) is 1. The molecule has 0 aliphatic heterocycles. The predicted octanol–water partition coefficient (Wildman–Crippen LogP) is 3.40. The van der Waals surface area contributed by atoms with E-state index >= 15 is 0 Å². The summed E-state index contributed by atoms with van der Waals surface area (Å²) in [7, 11) is 1.82. The molecule has 1 aromatic heterocycles. The summed E-state index contributed by atoms with van der Waals surface area (Å²) in [4.78, 5) is 19.0. The zero-order chi connectivity index (χ0) is 18.1. The molecule has 1 aliphatic carbocycles. The number of benzene rings is 2. The summed E-state index contributed by atoms with van der Waals surface area (Å²) in [6.45, 7) is 2.48. The second kappa shape index (κ2) is 6.78. The lowest BCUT2D eigenvalue weighted by molar-refractivity contribution is 0.174. The monoisotopic (exact) mass is 349 g/mol. The number of amides is 2. The van der Waals surface area contributed by atoms with Crippen LogP contribution in [0.3, 0.4) is 0 Å². The van der Waals surface area contributed by atoms with Crippen LogP contribution < -0.4 is 5.32 Å². The highest BCUT2D eigenvalue weighted by Gasteiger charge is 2.36. The number of aryl methyl sites for hydroxylation is 1. The summed E-state index contributed by atoms with van der Waals surface area (Å²) >= 11 is 0. The fraction of sp³-hybridized carbons (Fsp3) is 0.350. The Hall–Kier alpha value is -2.89. The van der Waals surface area contributed by atoms with Gasteiger partial charge in [0.1, 0.15) is 12.2 Å². The number of carbonyl (C=O) groups is 1. The van der Waals surface area contributed by atoms with Crippen LogP contribution in [0.5, 0.6) is 0 Å². The van der Waals surface area contributed by atoms with Crippen molar-refractivity contribution in [1.82, 2.24) is 25.0 Å². The lowest BCUT2D eigenvalue weighted by atomic mass is 10.0. The van der Waals surface area contributed by atoms with Crippen molar-refractivity contribution in [3.8, 4) is 0 Å². The molecule has 1 atom stereocenters. The number of aromatic nitrogens is 3. The number of hydrogen-bond acceptors (Lipinski definition) is 3. The first-order chi connectivity index (χ1) is 12.6. The SMILES string of the molecule is C[C@H](c1ccc2ccccc2c1)N(C(=O)NCc1ncnn1C)C1CC1. The summed E-state index contributed by atoms with van der Waals surface area (Å²) in [6.07, 6.45) is 3.63. The normalized spacial score (nSPS) is 15.0. The maximum Gasteiger partial charge on any atom is 0.318 e. The van der Waals surface area contributed by atoms with Crippen LogP contribution >= 0.6 is 0 Å². The Balaban J connectivity index is 1.53. The minimum atomic E-state index is -0.0452. The smallest absolute Gasteiger partial charge is 0.318 e. The predicted molar refractivity (Wildman–Crippen MR) is 100 cm³/mol. The lowest BCUT2D eigenvalue weighted by Crippen LogP contribution is -2.42. The van der Waals surface area contributed by atoms with Gasteiger partial charge in [0, 0.05) is 13.1 Å². The molecule has 1 heterocycles. The van der Waals surface area contributed by atoms with Crippen molar-refractivity contribution < 1.29 is 4.79 Å². The molecule has 1 aliphatic rings. The average Bonchev–Trinajstić information content (AvgIpc) is 3.40. The van der Waals surface area contributed by atoms with Crippen molar-refractivity contribution >= 4 is 16.8 Å². The molecule has 2 aromatic carbocycles. The van der Waals surface area contributed by atoms with E-state index in [2.05, 4.69) is 52.7 Å². The summed E-state index contributed by atoms with van der Waals surface area (Å²) < 4.78 is 1.68. The number of hydrogen-bond donors (Lipinski definition) is 1. The topological polar surface area (TPSA) is 63.1 Å². The molecule has 1 N–H and O–H groups in total.